The maximum absolute atomic E-state index is 15.4. The Morgan fingerprint density at radius 3 is 2.22 bits per heavy atom. The number of hydrogen-bond donors (Lipinski definition) is 2. The summed E-state index contributed by atoms with van der Waals surface area (Å²) in [4.78, 5) is 73.7. The van der Waals surface area contributed by atoms with Crippen molar-refractivity contribution in [2.75, 3.05) is 17.4 Å². The Labute approximate surface area is 351 Å². The Morgan fingerprint density at radius 1 is 0.864 bits per heavy atom. The van der Waals surface area contributed by atoms with E-state index in [2.05, 4.69) is 21.4 Å². The fraction of sp³-hybridized carbons (Fsp3) is 0.196. The second kappa shape index (κ2) is 14.6. The maximum atomic E-state index is 15.4. The highest BCUT2D eigenvalue weighted by molar-refractivity contribution is 9.10. The highest BCUT2D eigenvalue weighted by Gasteiger charge is 2.70. The molecule has 2 N–H and O–H groups in total. The molecule has 13 heteroatoms. The standard InChI is InChI=1S/C46H34BrClFN3O7/c1-59-37-22-26(21-36(47)41(37)54)39-32-19-20-33-38(44(57)51(42(33)55)31-17-7-25(8-18-31)40(53)24-5-3-2-4-6-24)34(32)23-35-43(56)52(50-30-15-13-29(49)14-16-30)45(58)46(35,39)27-9-11-28(48)12-10-27/h2-19,21-22,33-35,38-39,50,54H,20,23H2,1H3/t33-,34+,35-,38-,39-,46+/m0/s1. The molecular weight excluding hydrogens is 841 g/mol. The van der Waals surface area contributed by atoms with Gasteiger partial charge in [-0.05, 0) is 119 Å². The van der Waals surface area contributed by atoms with Crippen molar-refractivity contribution in [3.63, 3.8) is 0 Å². The van der Waals surface area contributed by atoms with Gasteiger partial charge >= 0.3 is 0 Å². The van der Waals surface area contributed by atoms with Gasteiger partial charge in [0.15, 0.2) is 17.3 Å². The zero-order valence-electron chi connectivity index (χ0n) is 31.3. The molecule has 2 heterocycles. The van der Waals surface area contributed by atoms with E-state index in [1.165, 1.54) is 36.3 Å². The SMILES string of the molecule is COc1cc([C@H]2C3=CC[C@@H]4C(=O)N(c5ccc(C(=O)c6ccccc6)cc5)C(=O)[C@@H]4[C@@H]3C[C@H]3C(=O)N(Nc4ccc(F)cc4)C(=O)[C@@]23c2ccc(Cl)cc2)cc(Br)c1O. The van der Waals surface area contributed by atoms with Gasteiger partial charge < -0.3 is 9.84 Å². The third-order valence-corrected chi connectivity index (χ3v) is 13.1. The highest BCUT2D eigenvalue weighted by atomic mass is 79.9. The number of fused-ring (bicyclic) bond motifs is 4. The molecule has 4 amide bonds. The van der Waals surface area contributed by atoms with E-state index in [-0.39, 0.29) is 34.6 Å². The largest absolute Gasteiger partial charge is 0.503 e. The summed E-state index contributed by atoms with van der Waals surface area (Å²) in [6.45, 7) is 0. The van der Waals surface area contributed by atoms with Crippen molar-refractivity contribution >= 4 is 68.3 Å². The molecular formula is C46H34BrClFN3O7. The number of benzene rings is 5. The van der Waals surface area contributed by atoms with Crippen LogP contribution in [-0.4, -0.2) is 46.6 Å². The number of halogens is 3. The van der Waals surface area contributed by atoms with Crippen LogP contribution in [0.4, 0.5) is 15.8 Å². The first-order chi connectivity index (χ1) is 28.4. The lowest BCUT2D eigenvalue weighted by Crippen LogP contribution is -2.53. The molecule has 2 aliphatic heterocycles. The minimum atomic E-state index is -1.63. The number of hydrogen-bond acceptors (Lipinski definition) is 8. The number of allylic oxidation sites excluding steroid dienone is 2. The number of nitrogens with one attached hydrogen (secondary N) is 1. The Hall–Kier alpha value is -6.11. The molecule has 59 heavy (non-hydrogen) atoms. The number of phenols is 1. The summed E-state index contributed by atoms with van der Waals surface area (Å²) in [5, 5.41) is 12.3. The van der Waals surface area contributed by atoms with Crippen LogP contribution in [0, 0.1) is 29.5 Å². The van der Waals surface area contributed by atoms with E-state index in [1.54, 1.807) is 84.9 Å². The van der Waals surface area contributed by atoms with Gasteiger partial charge in [-0.1, -0.05) is 65.7 Å². The van der Waals surface area contributed by atoms with Crippen LogP contribution in [0.2, 0.25) is 5.02 Å². The topological polar surface area (TPSA) is 133 Å². The van der Waals surface area contributed by atoms with Crippen LogP contribution in [0.1, 0.15) is 45.8 Å². The van der Waals surface area contributed by atoms with Gasteiger partial charge in [-0.2, -0.15) is 5.01 Å². The van der Waals surface area contributed by atoms with Gasteiger partial charge in [0.2, 0.25) is 11.8 Å². The number of aromatic hydroxyl groups is 1. The van der Waals surface area contributed by atoms with E-state index in [1.807, 2.05) is 12.1 Å². The molecule has 6 atom stereocenters. The molecule has 0 bridgehead atoms. The number of ether oxygens (including phenoxy) is 1. The molecule has 10 nitrogen and oxygen atoms in total. The van der Waals surface area contributed by atoms with Gasteiger partial charge in [0.1, 0.15) is 5.82 Å². The third-order valence-electron chi connectivity index (χ3n) is 12.3. The van der Waals surface area contributed by atoms with Crippen LogP contribution in [-0.2, 0) is 24.6 Å². The summed E-state index contributed by atoms with van der Waals surface area (Å²) in [5.74, 6) is -7.08. The van der Waals surface area contributed by atoms with E-state index in [0.29, 0.717) is 44.2 Å². The van der Waals surface area contributed by atoms with Crippen molar-refractivity contribution in [3.05, 3.63) is 164 Å². The normalized spacial score (nSPS) is 24.7. The van der Waals surface area contributed by atoms with E-state index in [4.69, 9.17) is 16.3 Å². The summed E-state index contributed by atoms with van der Waals surface area (Å²) in [5.41, 5.74) is 4.51. The van der Waals surface area contributed by atoms with E-state index in [0.717, 1.165) is 5.01 Å². The quantitative estimate of drug-likeness (QED) is 0.0903. The summed E-state index contributed by atoms with van der Waals surface area (Å²) in [6.07, 6.45) is 2.13. The summed E-state index contributed by atoms with van der Waals surface area (Å²) in [7, 11) is 1.40. The van der Waals surface area contributed by atoms with E-state index >= 15 is 4.79 Å². The van der Waals surface area contributed by atoms with Gasteiger partial charge in [-0.25, -0.2) is 4.39 Å². The van der Waals surface area contributed by atoms with Crippen LogP contribution in [0.3, 0.4) is 0 Å². The summed E-state index contributed by atoms with van der Waals surface area (Å²) >= 11 is 9.86. The number of carbonyl (C=O) groups is 5. The number of imide groups is 2. The van der Waals surface area contributed by atoms with Gasteiger partial charge in [0, 0.05) is 22.1 Å². The van der Waals surface area contributed by atoms with Gasteiger partial charge in [0.05, 0.1) is 46.1 Å². The molecule has 1 saturated carbocycles. The number of anilines is 2. The number of hydrazine groups is 1. The number of carbonyl (C=O) groups excluding carboxylic acids is 5. The smallest absolute Gasteiger partial charge is 0.260 e. The molecule has 2 saturated heterocycles. The minimum Gasteiger partial charge on any atom is -0.503 e. The van der Waals surface area contributed by atoms with Gasteiger partial charge in [0.25, 0.3) is 11.8 Å². The molecule has 0 aromatic heterocycles. The van der Waals surface area contributed by atoms with Crippen molar-refractivity contribution in [3.8, 4) is 11.5 Å². The van der Waals surface area contributed by atoms with Crippen molar-refractivity contribution < 1.29 is 38.2 Å². The fourth-order valence-electron chi connectivity index (χ4n) is 9.72. The number of amides is 4. The fourth-order valence-corrected chi connectivity index (χ4v) is 10.3. The summed E-state index contributed by atoms with van der Waals surface area (Å²) in [6, 6.07) is 30.4. The van der Waals surface area contributed by atoms with Crippen LogP contribution >= 0.6 is 27.5 Å². The molecule has 5 aromatic carbocycles. The van der Waals surface area contributed by atoms with Crippen LogP contribution < -0.4 is 15.1 Å². The monoisotopic (exact) mass is 873 g/mol. The number of nitrogens with zero attached hydrogens (tertiary/aromatic N) is 2. The second-order valence-corrected chi connectivity index (χ2v) is 16.5. The number of methoxy groups -OCH3 is 1. The van der Waals surface area contributed by atoms with Gasteiger partial charge in [-0.3, -0.25) is 34.3 Å². The summed E-state index contributed by atoms with van der Waals surface area (Å²) < 4.78 is 19.8. The first kappa shape index (κ1) is 38.4. The lowest BCUT2D eigenvalue weighted by atomic mass is 9.49. The zero-order chi connectivity index (χ0) is 41.3. The molecule has 0 unspecified atom stereocenters. The third kappa shape index (κ3) is 5.99. The Morgan fingerprint density at radius 2 is 1.54 bits per heavy atom. The molecule has 9 rings (SSSR count). The van der Waals surface area contributed by atoms with E-state index < -0.39 is 64.5 Å². The molecule has 3 fully saturated rings. The predicted octanol–water partition coefficient (Wildman–Crippen LogP) is 8.38. The van der Waals surface area contributed by atoms with Crippen molar-refractivity contribution in [2.24, 2.45) is 23.7 Å². The second-order valence-electron chi connectivity index (χ2n) is 15.2. The lowest BCUT2D eigenvalue weighted by Gasteiger charge is -2.50. The van der Waals surface area contributed by atoms with Gasteiger partial charge in [-0.15, -0.1) is 0 Å². The Balaban J connectivity index is 1.17. The average molecular weight is 875 g/mol. The molecule has 2 aliphatic carbocycles. The Bertz CT molecular complexity index is 2600. The zero-order valence-corrected chi connectivity index (χ0v) is 33.6. The first-order valence-corrected chi connectivity index (χ1v) is 20.1. The molecule has 296 valence electrons. The van der Waals surface area contributed by atoms with Crippen molar-refractivity contribution in [2.45, 2.75) is 24.2 Å². The predicted molar refractivity (Wildman–Crippen MR) is 220 cm³/mol. The molecule has 0 spiro atoms. The Kier molecular flexibility index (Phi) is 9.51. The molecule has 4 aliphatic rings. The number of rotatable bonds is 8. The van der Waals surface area contributed by atoms with Crippen molar-refractivity contribution in [1.29, 1.82) is 0 Å². The van der Waals surface area contributed by atoms with E-state index in [9.17, 15) is 28.7 Å². The van der Waals surface area contributed by atoms with Crippen molar-refractivity contribution in [1.82, 2.24) is 5.01 Å². The molecule has 5 aromatic rings. The number of phenolic OH excluding ortho intramolecular Hbond substituents is 1. The first-order valence-electron chi connectivity index (χ1n) is 18.9. The van der Waals surface area contributed by atoms with Crippen LogP contribution in [0.15, 0.2) is 131 Å². The lowest BCUT2D eigenvalue weighted by molar-refractivity contribution is -0.138. The van der Waals surface area contributed by atoms with Crippen LogP contribution in [0.25, 0.3) is 0 Å². The minimum absolute atomic E-state index is 0.0338. The number of ketones is 1. The molecule has 0 radical (unpaired) electrons. The maximum Gasteiger partial charge on any atom is 0.260 e. The highest BCUT2D eigenvalue weighted by Crippen LogP contribution is 2.65. The average Bonchev–Trinajstić information content (AvgIpc) is 3.63. The van der Waals surface area contributed by atoms with Crippen LogP contribution in [0.5, 0.6) is 11.5 Å².